The molecule has 1 spiro atoms. The minimum absolute atomic E-state index is 0.107. The summed E-state index contributed by atoms with van der Waals surface area (Å²) in [6.07, 6.45) is 3.95. The van der Waals surface area contributed by atoms with Gasteiger partial charge < -0.3 is 4.90 Å². The molecule has 0 bridgehead atoms. The minimum atomic E-state index is -0.846. The summed E-state index contributed by atoms with van der Waals surface area (Å²) in [7, 11) is 1.59. The van der Waals surface area contributed by atoms with E-state index in [1.807, 2.05) is 0 Å². The number of benzene rings is 1. The molecule has 1 saturated carbocycles. The molecule has 2 aliphatic rings. The Balaban J connectivity index is 1.65. The van der Waals surface area contributed by atoms with Gasteiger partial charge in [-0.1, -0.05) is 31.4 Å². The van der Waals surface area contributed by atoms with Crippen molar-refractivity contribution >= 4 is 29.2 Å². The van der Waals surface area contributed by atoms with Gasteiger partial charge in [0.1, 0.15) is 17.8 Å². The van der Waals surface area contributed by atoms with Crippen LogP contribution in [0.1, 0.15) is 32.1 Å². The molecule has 1 aliphatic carbocycles. The third-order valence-corrected chi connectivity index (χ3v) is 5.22. The van der Waals surface area contributed by atoms with E-state index in [0.29, 0.717) is 12.8 Å². The first-order valence-electron chi connectivity index (χ1n) is 8.75. The van der Waals surface area contributed by atoms with Gasteiger partial charge in [-0.2, -0.15) is 0 Å². The van der Waals surface area contributed by atoms with Crippen LogP contribution in [0.2, 0.25) is 0 Å². The lowest BCUT2D eigenvalue weighted by atomic mass is 9.81. The van der Waals surface area contributed by atoms with Gasteiger partial charge in [-0.15, -0.1) is 0 Å². The molecule has 2 fully saturated rings. The average Bonchev–Trinajstić information content (AvgIpc) is 2.83. The Labute approximate surface area is 155 Å². The third-order valence-electron chi connectivity index (χ3n) is 5.22. The van der Waals surface area contributed by atoms with Crippen molar-refractivity contribution in [2.45, 2.75) is 37.6 Å². The fraction of sp³-hybridized carbons (Fsp3) is 0.471. The average molecular weight is 375 g/mol. The van der Waals surface area contributed by atoms with E-state index in [9.17, 15) is 24.5 Å². The van der Waals surface area contributed by atoms with Crippen molar-refractivity contribution in [1.29, 1.82) is 0 Å². The molecule has 10 heteroatoms. The van der Waals surface area contributed by atoms with Crippen molar-refractivity contribution < 1.29 is 19.3 Å². The van der Waals surface area contributed by atoms with E-state index in [-0.39, 0.29) is 17.3 Å². The van der Waals surface area contributed by atoms with Gasteiger partial charge in [0.2, 0.25) is 0 Å². The minimum Gasteiger partial charge on any atom is -0.313 e. The van der Waals surface area contributed by atoms with Crippen molar-refractivity contribution in [2.75, 3.05) is 19.0 Å². The van der Waals surface area contributed by atoms with Gasteiger partial charge in [-0.3, -0.25) is 35.5 Å². The molecule has 4 amide bonds. The van der Waals surface area contributed by atoms with E-state index in [1.165, 1.54) is 23.1 Å². The highest BCUT2D eigenvalue weighted by Gasteiger charge is 2.55. The number of amides is 4. The molecule has 1 saturated heterocycles. The van der Waals surface area contributed by atoms with Crippen LogP contribution in [-0.2, 0) is 9.59 Å². The number of nitro groups is 1. The highest BCUT2D eigenvalue weighted by molar-refractivity contribution is 6.09. The number of imide groups is 1. The van der Waals surface area contributed by atoms with Crippen molar-refractivity contribution in [2.24, 2.45) is 0 Å². The van der Waals surface area contributed by atoms with E-state index in [0.717, 1.165) is 24.2 Å². The molecule has 144 valence electrons. The number of nitro benzene ring substituents is 1. The highest BCUT2D eigenvalue weighted by Crippen LogP contribution is 2.39. The highest BCUT2D eigenvalue weighted by atomic mass is 16.6. The molecule has 1 aromatic rings. The molecule has 1 heterocycles. The lowest BCUT2D eigenvalue weighted by molar-refractivity contribution is -0.384. The predicted octanol–water partition coefficient (Wildman–Crippen LogP) is 1.63. The summed E-state index contributed by atoms with van der Waals surface area (Å²) in [6, 6.07) is 5.32. The zero-order valence-electron chi connectivity index (χ0n) is 14.9. The molecule has 27 heavy (non-hydrogen) atoms. The Morgan fingerprint density at radius 2 is 1.89 bits per heavy atom. The van der Waals surface area contributed by atoms with Crippen LogP contribution in [0.5, 0.6) is 0 Å². The largest absolute Gasteiger partial charge is 0.327 e. The smallest absolute Gasteiger partial charge is 0.313 e. The first kappa shape index (κ1) is 18.6. The summed E-state index contributed by atoms with van der Waals surface area (Å²) in [6.45, 7) is -0.447. The van der Waals surface area contributed by atoms with Crippen LogP contribution >= 0.6 is 0 Å². The van der Waals surface area contributed by atoms with Gasteiger partial charge in [-0.25, -0.2) is 4.79 Å². The van der Waals surface area contributed by atoms with E-state index < -0.39 is 28.9 Å². The van der Waals surface area contributed by atoms with Crippen LogP contribution in [0.15, 0.2) is 24.3 Å². The van der Waals surface area contributed by atoms with Crippen LogP contribution in [-0.4, -0.2) is 51.7 Å². The van der Waals surface area contributed by atoms with Gasteiger partial charge in [-0.05, 0) is 18.9 Å². The Morgan fingerprint density at radius 1 is 1.22 bits per heavy atom. The zero-order valence-corrected chi connectivity index (χ0v) is 14.9. The topological polar surface area (TPSA) is 125 Å². The molecule has 10 nitrogen and oxygen atoms in total. The van der Waals surface area contributed by atoms with E-state index in [2.05, 4.69) is 10.9 Å². The molecular formula is C17H21N5O5. The monoisotopic (exact) mass is 375 g/mol. The molecule has 0 unspecified atom stereocenters. The number of hydrogen-bond donors (Lipinski definition) is 2. The maximum Gasteiger partial charge on any atom is 0.327 e. The van der Waals surface area contributed by atoms with Gasteiger partial charge in [0.25, 0.3) is 17.5 Å². The quantitative estimate of drug-likeness (QED) is 0.458. The maximum atomic E-state index is 12.8. The summed E-state index contributed by atoms with van der Waals surface area (Å²) in [5, 5.41) is 11.0. The lowest BCUT2D eigenvalue weighted by Gasteiger charge is -2.35. The molecule has 2 N–H and O–H groups in total. The van der Waals surface area contributed by atoms with Crippen LogP contribution in [0.4, 0.5) is 16.2 Å². The number of hydrogen-bond acceptors (Lipinski definition) is 6. The Hall–Kier alpha value is -3.17. The summed E-state index contributed by atoms with van der Waals surface area (Å²) >= 11 is 0. The Bertz CT molecular complexity index is 790. The van der Waals surface area contributed by atoms with Gasteiger partial charge in [0, 0.05) is 13.1 Å². The van der Waals surface area contributed by atoms with Crippen LogP contribution in [0.25, 0.3) is 0 Å². The van der Waals surface area contributed by atoms with Gasteiger partial charge in [0.15, 0.2) is 0 Å². The number of carbonyl (C=O) groups is 3. The van der Waals surface area contributed by atoms with E-state index in [1.54, 1.807) is 13.1 Å². The molecule has 0 radical (unpaired) electrons. The normalized spacial score (nSPS) is 18.7. The number of likely N-dealkylation sites (N-methyl/N-ethyl adjacent to an activating group) is 1. The van der Waals surface area contributed by atoms with E-state index >= 15 is 0 Å². The predicted molar refractivity (Wildman–Crippen MR) is 95.5 cm³/mol. The van der Waals surface area contributed by atoms with E-state index in [4.69, 9.17) is 0 Å². The fourth-order valence-electron chi connectivity index (χ4n) is 3.73. The molecule has 3 rings (SSSR count). The van der Waals surface area contributed by atoms with Gasteiger partial charge in [0.05, 0.1) is 4.92 Å². The van der Waals surface area contributed by atoms with Crippen molar-refractivity contribution in [3.63, 3.8) is 0 Å². The number of carbonyl (C=O) groups excluding carboxylic acids is 3. The first-order chi connectivity index (χ1) is 12.9. The molecule has 1 aromatic carbocycles. The number of rotatable bonds is 5. The summed E-state index contributed by atoms with van der Waals surface area (Å²) < 4.78 is 0. The summed E-state index contributed by atoms with van der Waals surface area (Å²) in [5.74, 6) is -0.994. The zero-order chi connectivity index (χ0) is 19.6. The standard InChI is InChI=1S/C17H21N5O5/c1-20-16(25)21(15(24)17(20)9-5-2-6-10-17)11-14(23)19-18-12-7-3-4-8-13(12)22(26)27/h3-4,7-8,18H,2,5-6,9-11H2,1H3,(H,19,23). The first-order valence-corrected chi connectivity index (χ1v) is 8.75. The Morgan fingerprint density at radius 3 is 2.56 bits per heavy atom. The number of para-hydroxylation sites is 2. The molecule has 0 atom stereocenters. The van der Waals surface area contributed by atoms with Crippen molar-refractivity contribution in [3.8, 4) is 0 Å². The van der Waals surface area contributed by atoms with Crippen LogP contribution < -0.4 is 10.9 Å². The van der Waals surface area contributed by atoms with Crippen LogP contribution in [0, 0.1) is 10.1 Å². The molecule has 1 aliphatic heterocycles. The molecular weight excluding hydrogens is 354 g/mol. The third kappa shape index (κ3) is 3.29. The van der Waals surface area contributed by atoms with Crippen LogP contribution in [0.3, 0.4) is 0 Å². The van der Waals surface area contributed by atoms with Gasteiger partial charge >= 0.3 is 6.03 Å². The Kier molecular flexibility index (Phi) is 4.98. The number of nitrogens with zero attached hydrogens (tertiary/aromatic N) is 3. The van der Waals surface area contributed by atoms with Crippen molar-refractivity contribution in [1.82, 2.24) is 15.2 Å². The molecule has 0 aromatic heterocycles. The number of nitrogens with one attached hydrogen (secondary N) is 2. The SMILES string of the molecule is CN1C(=O)N(CC(=O)NNc2ccccc2[N+](=O)[O-])C(=O)C12CCCCC2. The second-order valence-electron chi connectivity index (χ2n) is 6.77. The lowest BCUT2D eigenvalue weighted by Crippen LogP contribution is -2.49. The fourth-order valence-corrected chi connectivity index (χ4v) is 3.73. The number of hydrazine groups is 1. The van der Waals surface area contributed by atoms with Crippen molar-refractivity contribution in [3.05, 3.63) is 34.4 Å². The number of urea groups is 1. The summed E-state index contributed by atoms with van der Waals surface area (Å²) in [5.41, 5.74) is 3.85. The number of anilines is 1. The summed E-state index contributed by atoms with van der Waals surface area (Å²) in [4.78, 5) is 50.3. The maximum absolute atomic E-state index is 12.8. The second kappa shape index (κ2) is 7.22. The second-order valence-corrected chi connectivity index (χ2v) is 6.77.